The highest BCUT2D eigenvalue weighted by Gasteiger charge is 2.07. The molecule has 1 N–H and O–H groups in total. The molecule has 2 rings (SSSR count). The molecule has 24 heavy (non-hydrogen) atoms. The molecular weight excluding hydrogens is 330 g/mol. The lowest BCUT2D eigenvalue weighted by molar-refractivity contribution is -0.118. The third kappa shape index (κ3) is 5.35. The van der Waals surface area contributed by atoms with Crippen LogP contribution in [0.25, 0.3) is 0 Å². The van der Waals surface area contributed by atoms with Gasteiger partial charge in [-0.2, -0.15) is 0 Å². The Morgan fingerprint density at radius 3 is 2.33 bits per heavy atom. The van der Waals surface area contributed by atoms with Gasteiger partial charge in [-0.25, -0.2) is 0 Å². The second kappa shape index (κ2) is 9.03. The van der Waals surface area contributed by atoms with Crippen molar-refractivity contribution in [1.29, 1.82) is 0 Å². The number of carbonyl (C=O) groups is 1. The van der Waals surface area contributed by atoms with Crippen molar-refractivity contribution in [2.24, 2.45) is 0 Å². The molecule has 0 fully saturated rings. The maximum Gasteiger partial charge on any atom is 0.262 e. The van der Waals surface area contributed by atoms with E-state index < -0.39 is 0 Å². The summed E-state index contributed by atoms with van der Waals surface area (Å²) in [6.07, 6.45) is 0.952. The molecule has 0 unspecified atom stereocenters. The van der Waals surface area contributed by atoms with Crippen LogP contribution in [0, 0.1) is 0 Å². The van der Waals surface area contributed by atoms with Crippen LogP contribution in [0.15, 0.2) is 42.5 Å². The van der Waals surface area contributed by atoms with Crippen LogP contribution < -0.4 is 19.5 Å². The lowest BCUT2D eigenvalue weighted by Crippen LogP contribution is -2.20. The van der Waals surface area contributed by atoms with E-state index in [1.165, 1.54) is 7.11 Å². The maximum atomic E-state index is 11.9. The topological polar surface area (TPSA) is 56.8 Å². The highest BCUT2D eigenvalue weighted by Crippen LogP contribution is 2.27. The van der Waals surface area contributed by atoms with Gasteiger partial charge in [0.2, 0.25) is 0 Å². The van der Waals surface area contributed by atoms with Crippen molar-refractivity contribution < 1.29 is 19.0 Å². The highest BCUT2D eigenvalue weighted by atomic mass is 35.5. The van der Waals surface area contributed by atoms with Crippen molar-refractivity contribution in [3.8, 4) is 17.2 Å². The van der Waals surface area contributed by atoms with Gasteiger partial charge < -0.3 is 19.5 Å². The molecule has 6 heteroatoms. The van der Waals surface area contributed by atoms with Crippen molar-refractivity contribution in [1.82, 2.24) is 0 Å². The van der Waals surface area contributed by atoms with Crippen LogP contribution >= 0.6 is 11.6 Å². The molecule has 2 aromatic carbocycles. The van der Waals surface area contributed by atoms with E-state index in [0.29, 0.717) is 28.8 Å². The Morgan fingerprint density at radius 1 is 1.08 bits per heavy atom. The molecule has 1 amide bonds. The number of carbonyl (C=O) groups excluding carboxylic acids is 1. The molecular formula is C18H20ClNO4. The number of benzene rings is 2. The summed E-state index contributed by atoms with van der Waals surface area (Å²) in [5.41, 5.74) is 0.581. The quantitative estimate of drug-likeness (QED) is 0.777. The van der Waals surface area contributed by atoms with E-state index in [0.717, 1.165) is 12.2 Å². The lowest BCUT2D eigenvalue weighted by atomic mass is 10.3. The summed E-state index contributed by atoms with van der Waals surface area (Å²) < 4.78 is 16.0. The van der Waals surface area contributed by atoms with Crippen LogP contribution in [-0.4, -0.2) is 26.2 Å². The van der Waals surface area contributed by atoms with Crippen LogP contribution in [-0.2, 0) is 4.79 Å². The van der Waals surface area contributed by atoms with E-state index in [4.69, 9.17) is 25.8 Å². The fourth-order valence-corrected chi connectivity index (χ4v) is 2.20. The molecule has 0 heterocycles. The summed E-state index contributed by atoms with van der Waals surface area (Å²) in [6.45, 7) is 2.62. The molecule has 0 aromatic heterocycles. The van der Waals surface area contributed by atoms with Gasteiger partial charge in [-0.3, -0.25) is 4.79 Å². The number of anilines is 1. The number of rotatable bonds is 8. The first-order valence-electron chi connectivity index (χ1n) is 7.61. The Bertz CT molecular complexity index is 673. The van der Waals surface area contributed by atoms with Gasteiger partial charge in [0.25, 0.3) is 5.91 Å². The predicted molar refractivity (Wildman–Crippen MR) is 94.4 cm³/mol. The molecule has 0 atom stereocenters. The summed E-state index contributed by atoms with van der Waals surface area (Å²) >= 11 is 6.02. The summed E-state index contributed by atoms with van der Waals surface area (Å²) in [5.74, 6) is 1.65. The van der Waals surface area contributed by atoms with Gasteiger partial charge in [-0.1, -0.05) is 18.5 Å². The van der Waals surface area contributed by atoms with E-state index in [-0.39, 0.29) is 12.5 Å². The van der Waals surface area contributed by atoms with Crippen molar-refractivity contribution >= 4 is 23.2 Å². The Balaban J connectivity index is 1.83. The van der Waals surface area contributed by atoms with E-state index >= 15 is 0 Å². The second-order valence-electron chi connectivity index (χ2n) is 5.01. The van der Waals surface area contributed by atoms with Crippen LogP contribution in [0.3, 0.4) is 0 Å². The smallest absolute Gasteiger partial charge is 0.262 e. The fourth-order valence-electron chi connectivity index (χ4n) is 1.94. The second-order valence-corrected chi connectivity index (χ2v) is 5.41. The number of nitrogens with one attached hydrogen (secondary N) is 1. The molecule has 128 valence electrons. The van der Waals surface area contributed by atoms with Crippen LogP contribution in [0.2, 0.25) is 5.02 Å². The highest BCUT2D eigenvalue weighted by molar-refractivity contribution is 6.32. The van der Waals surface area contributed by atoms with E-state index in [1.54, 1.807) is 30.3 Å². The van der Waals surface area contributed by atoms with Crippen LogP contribution in [0.4, 0.5) is 5.69 Å². The molecule has 2 aromatic rings. The fraction of sp³-hybridized carbons (Fsp3) is 0.278. The molecule has 0 radical (unpaired) electrons. The Labute approximate surface area is 146 Å². The van der Waals surface area contributed by atoms with E-state index in [9.17, 15) is 4.79 Å². The average molecular weight is 350 g/mol. The number of ether oxygens (including phenoxy) is 3. The molecule has 0 saturated heterocycles. The average Bonchev–Trinajstić information content (AvgIpc) is 2.59. The monoisotopic (exact) mass is 349 g/mol. The van der Waals surface area contributed by atoms with Gasteiger partial charge in [0.15, 0.2) is 6.61 Å². The Hall–Kier alpha value is -2.40. The zero-order valence-electron chi connectivity index (χ0n) is 13.7. The first-order valence-corrected chi connectivity index (χ1v) is 7.99. The SMILES string of the molecule is CCCOc1ccc(OCC(=O)Nc2ccc(OC)c(Cl)c2)cc1. The van der Waals surface area contributed by atoms with Crippen LogP contribution in [0.5, 0.6) is 17.2 Å². The predicted octanol–water partition coefficient (Wildman–Crippen LogP) is 4.15. The van der Waals surface area contributed by atoms with Gasteiger partial charge in [-0.15, -0.1) is 0 Å². The van der Waals surface area contributed by atoms with Gasteiger partial charge >= 0.3 is 0 Å². The molecule has 0 saturated carbocycles. The summed E-state index contributed by atoms with van der Waals surface area (Å²) in [6, 6.07) is 12.2. The number of methoxy groups -OCH3 is 1. The molecule has 0 aliphatic carbocycles. The largest absolute Gasteiger partial charge is 0.495 e. The molecule has 0 aliphatic rings. The van der Waals surface area contributed by atoms with Crippen molar-refractivity contribution in [3.05, 3.63) is 47.5 Å². The minimum absolute atomic E-state index is 0.0984. The van der Waals surface area contributed by atoms with Crippen LogP contribution in [0.1, 0.15) is 13.3 Å². The number of amides is 1. The van der Waals surface area contributed by atoms with Gasteiger partial charge in [0.05, 0.1) is 18.7 Å². The van der Waals surface area contributed by atoms with E-state index in [1.807, 2.05) is 19.1 Å². The third-order valence-corrected chi connectivity index (χ3v) is 3.40. The van der Waals surface area contributed by atoms with E-state index in [2.05, 4.69) is 5.32 Å². The van der Waals surface area contributed by atoms with Gasteiger partial charge in [-0.05, 0) is 48.9 Å². The summed E-state index contributed by atoms with van der Waals surface area (Å²) in [4.78, 5) is 11.9. The molecule has 0 bridgehead atoms. The lowest BCUT2D eigenvalue weighted by Gasteiger charge is -2.10. The first kappa shape index (κ1) is 17.9. The zero-order chi connectivity index (χ0) is 17.4. The summed E-state index contributed by atoms with van der Waals surface area (Å²) in [7, 11) is 1.53. The molecule has 5 nitrogen and oxygen atoms in total. The standard InChI is InChI=1S/C18H20ClNO4/c1-3-10-23-14-5-7-15(8-6-14)24-12-18(21)20-13-4-9-17(22-2)16(19)11-13/h4-9,11H,3,10,12H2,1-2H3,(H,20,21). The van der Waals surface area contributed by atoms with Gasteiger partial charge in [0.1, 0.15) is 17.2 Å². The maximum absolute atomic E-state index is 11.9. The number of hydrogen-bond acceptors (Lipinski definition) is 4. The first-order chi connectivity index (χ1) is 11.6. The Kier molecular flexibility index (Phi) is 6.75. The van der Waals surface area contributed by atoms with Crippen molar-refractivity contribution in [3.63, 3.8) is 0 Å². The Morgan fingerprint density at radius 2 is 1.75 bits per heavy atom. The van der Waals surface area contributed by atoms with Crippen molar-refractivity contribution in [2.45, 2.75) is 13.3 Å². The molecule has 0 spiro atoms. The summed E-state index contributed by atoms with van der Waals surface area (Å²) in [5, 5.41) is 3.14. The molecule has 0 aliphatic heterocycles. The zero-order valence-corrected chi connectivity index (χ0v) is 14.4. The minimum atomic E-state index is -0.275. The number of halogens is 1. The third-order valence-electron chi connectivity index (χ3n) is 3.10. The number of hydrogen-bond donors (Lipinski definition) is 1. The van der Waals surface area contributed by atoms with Gasteiger partial charge in [0, 0.05) is 5.69 Å². The minimum Gasteiger partial charge on any atom is -0.495 e. The van der Waals surface area contributed by atoms with Crippen molar-refractivity contribution in [2.75, 3.05) is 25.6 Å². The normalized spacial score (nSPS) is 10.1.